The van der Waals surface area contributed by atoms with E-state index >= 15 is 0 Å². The van der Waals surface area contributed by atoms with Crippen LogP contribution in [0.2, 0.25) is 0 Å². The molecule has 3 nitrogen and oxygen atoms in total. The molecule has 1 fully saturated rings. The highest BCUT2D eigenvalue weighted by Crippen LogP contribution is 2.27. The third-order valence-corrected chi connectivity index (χ3v) is 6.96. The van der Waals surface area contributed by atoms with Gasteiger partial charge in [0.1, 0.15) is 5.75 Å². The van der Waals surface area contributed by atoms with E-state index in [0.29, 0.717) is 12.4 Å². The van der Waals surface area contributed by atoms with E-state index in [1.165, 1.54) is 88.3 Å². The third kappa shape index (κ3) is 10.0. The summed E-state index contributed by atoms with van der Waals surface area (Å²) < 4.78 is 25.5. The molecule has 0 amide bonds. The first-order valence-electron chi connectivity index (χ1n) is 13.7. The number of rotatable bonds is 15. The van der Waals surface area contributed by atoms with Crippen LogP contribution in [0.25, 0.3) is 0 Å². The standard InChI is InChI=1S/C31H42FO3/c1-2-3-4-5-6-7-8-12-23-34-30-22-19-27(24-29(30)32)31(33)35-28-20-17-26(18-21-28)16-15-25-13-10-9-11-14-25/h9,17-22,24-25H,2-8,10-16,23H2,1H3. The van der Waals surface area contributed by atoms with Crippen molar-refractivity contribution < 1.29 is 18.7 Å². The fourth-order valence-electron chi connectivity index (χ4n) is 4.71. The van der Waals surface area contributed by atoms with Gasteiger partial charge in [-0.1, -0.05) is 76.8 Å². The maximum Gasteiger partial charge on any atom is 0.343 e. The number of carbonyl (C=O) groups is 1. The Morgan fingerprint density at radius 2 is 1.60 bits per heavy atom. The quantitative estimate of drug-likeness (QED) is 0.145. The van der Waals surface area contributed by atoms with Crippen molar-refractivity contribution in [2.24, 2.45) is 5.92 Å². The largest absolute Gasteiger partial charge is 0.491 e. The molecule has 1 aliphatic rings. The molecule has 1 radical (unpaired) electrons. The van der Waals surface area contributed by atoms with Crippen LogP contribution in [0.15, 0.2) is 42.5 Å². The molecule has 0 spiro atoms. The minimum Gasteiger partial charge on any atom is -0.491 e. The summed E-state index contributed by atoms with van der Waals surface area (Å²) >= 11 is 0. The normalized spacial score (nSPS) is 14.1. The van der Waals surface area contributed by atoms with Crippen molar-refractivity contribution in [3.63, 3.8) is 0 Å². The zero-order valence-electron chi connectivity index (χ0n) is 21.4. The summed E-state index contributed by atoms with van der Waals surface area (Å²) in [7, 11) is 0. The average molecular weight is 482 g/mol. The third-order valence-electron chi connectivity index (χ3n) is 6.96. The van der Waals surface area contributed by atoms with Crippen LogP contribution in [0.1, 0.15) is 106 Å². The van der Waals surface area contributed by atoms with Crippen molar-refractivity contribution >= 4 is 5.97 Å². The second-order valence-electron chi connectivity index (χ2n) is 9.85. The maximum absolute atomic E-state index is 14.5. The summed E-state index contributed by atoms with van der Waals surface area (Å²) in [6, 6.07) is 11.9. The Balaban J connectivity index is 1.37. The lowest BCUT2D eigenvalue weighted by Crippen LogP contribution is -2.10. The highest BCUT2D eigenvalue weighted by molar-refractivity contribution is 5.91. The van der Waals surface area contributed by atoms with Gasteiger partial charge in [-0.3, -0.25) is 0 Å². The van der Waals surface area contributed by atoms with Gasteiger partial charge in [-0.2, -0.15) is 0 Å². The SMILES string of the molecule is CCCCCCCCCCOc1ccc(C(=O)Oc2ccc(CCC3CC[CH]CC3)cc2)cc1F. The van der Waals surface area contributed by atoms with Gasteiger partial charge in [0.15, 0.2) is 11.6 Å². The summed E-state index contributed by atoms with van der Waals surface area (Å²) in [5.74, 6) is 0.380. The van der Waals surface area contributed by atoms with Gasteiger partial charge in [0.2, 0.25) is 0 Å². The van der Waals surface area contributed by atoms with E-state index in [1.54, 1.807) is 6.07 Å². The number of unbranched alkanes of at least 4 members (excludes halogenated alkanes) is 7. The van der Waals surface area contributed by atoms with Crippen molar-refractivity contribution in [3.05, 3.63) is 65.8 Å². The van der Waals surface area contributed by atoms with E-state index < -0.39 is 11.8 Å². The molecule has 2 aromatic rings. The Bertz CT molecular complexity index is 871. The van der Waals surface area contributed by atoms with Crippen molar-refractivity contribution in [1.29, 1.82) is 0 Å². The van der Waals surface area contributed by atoms with Crippen LogP contribution in [-0.4, -0.2) is 12.6 Å². The number of carbonyl (C=O) groups excluding carboxylic acids is 1. The topological polar surface area (TPSA) is 35.5 Å². The van der Waals surface area contributed by atoms with Crippen molar-refractivity contribution in [3.8, 4) is 11.5 Å². The fourth-order valence-corrected chi connectivity index (χ4v) is 4.71. The highest BCUT2D eigenvalue weighted by atomic mass is 19.1. The second kappa shape index (κ2) is 15.6. The van der Waals surface area contributed by atoms with Crippen LogP contribution in [0.4, 0.5) is 4.39 Å². The average Bonchev–Trinajstić information content (AvgIpc) is 2.88. The molecular formula is C31H42FO3. The molecule has 191 valence electrons. The second-order valence-corrected chi connectivity index (χ2v) is 9.85. The molecule has 2 aromatic carbocycles. The fraction of sp³-hybridized carbons (Fsp3) is 0.548. The predicted octanol–water partition coefficient (Wildman–Crippen LogP) is 8.89. The molecule has 1 aliphatic carbocycles. The molecule has 35 heavy (non-hydrogen) atoms. The number of benzene rings is 2. The Morgan fingerprint density at radius 1 is 0.914 bits per heavy atom. The first-order chi connectivity index (χ1) is 17.2. The van der Waals surface area contributed by atoms with Gasteiger partial charge < -0.3 is 9.47 Å². The molecule has 0 bridgehead atoms. The smallest absolute Gasteiger partial charge is 0.343 e. The van der Waals surface area contributed by atoms with E-state index in [0.717, 1.165) is 25.2 Å². The Labute approximate surface area is 211 Å². The summed E-state index contributed by atoms with van der Waals surface area (Å²) in [4.78, 5) is 12.5. The molecule has 0 heterocycles. The first-order valence-corrected chi connectivity index (χ1v) is 13.7. The van der Waals surface area contributed by atoms with Gasteiger partial charge >= 0.3 is 5.97 Å². The molecule has 1 saturated carbocycles. The van der Waals surface area contributed by atoms with Gasteiger partial charge in [-0.15, -0.1) is 0 Å². The summed E-state index contributed by atoms with van der Waals surface area (Å²) in [6.45, 7) is 2.71. The molecule has 0 unspecified atom stereocenters. The monoisotopic (exact) mass is 481 g/mol. The van der Waals surface area contributed by atoms with E-state index in [1.807, 2.05) is 24.3 Å². The van der Waals surface area contributed by atoms with Crippen LogP contribution < -0.4 is 9.47 Å². The Hall–Kier alpha value is -2.36. The van der Waals surface area contributed by atoms with E-state index in [9.17, 15) is 9.18 Å². The van der Waals surface area contributed by atoms with Gasteiger partial charge in [-0.05, 0) is 80.3 Å². The maximum atomic E-state index is 14.5. The summed E-state index contributed by atoms with van der Waals surface area (Å²) in [5.41, 5.74) is 1.43. The van der Waals surface area contributed by atoms with E-state index in [2.05, 4.69) is 13.3 Å². The van der Waals surface area contributed by atoms with Crippen molar-refractivity contribution in [2.45, 2.75) is 96.8 Å². The number of halogens is 1. The van der Waals surface area contributed by atoms with Crippen LogP contribution in [0.5, 0.6) is 11.5 Å². The highest BCUT2D eigenvalue weighted by Gasteiger charge is 2.15. The lowest BCUT2D eigenvalue weighted by Gasteiger charge is -2.21. The first kappa shape index (κ1) is 27.2. The number of hydrogen-bond donors (Lipinski definition) is 0. The van der Waals surface area contributed by atoms with Crippen molar-refractivity contribution in [1.82, 2.24) is 0 Å². The number of hydrogen-bond acceptors (Lipinski definition) is 3. The number of esters is 1. The van der Waals surface area contributed by atoms with E-state index in [4.69, 9.17) is 9.47 Å². The van der Waals surface area contributed by atoms with Gasteiger partial charge in [0, 0.05) is 0 Å². The Kier molecular flexibility index (Phi) is 12.1. The molecule has 0 atom stereocenters. The summed E-state index contributed by atoms with van der Waals surface area (Å²) in [6.07, 6.45) is 19.4. The molecule has 0 saturated heterocycles. The van der Waals surface area contributed by atoms with Gasteiger partial charge in [-0.25, -0.2) is 9.18 Å². The van der Waals surface area contributed by atoms with Crippen LogP contribution >= 0.6 is 0 Å². The zero-order valence-corrected chi connectivity index (χ0v) is 21.4. The predicted molar refractivity (Wildman–Crippen MR) is 140 cm³/mol. The minimum atomic E-state index is -0.565. The summed E-state index contributed by atoms with van der Waals surface area (Å²) in [5, 5.41) is 0. The number of aryl methyl sites for hydroxylation is 1. The van der Waals surface area contributed by atoms with Crippen LogP contribution in [0, 0.1) is 18.2 Å². The molecule has 3 rings (SSSR count). The molecular weight excluding hydrogens is 439 g/mol. The molecule has 0 aliphatic heterocycles. The van der Waals surface area contributed by atoms with E-state index in [-0.39, 0.29) is 11.3 Å². The molecule has 4 heteroatoms. The van der Waals surface area contributed by atoms with Crippen molar-refractivity contribution in [2.75, 3.05) is 6.61 Å². The molecule has 0 N–H and O–H groups in total. The Morgan fingerprint density at radius 3 is 2.29 bits per heavy atom. The van der Waals surface area contributed by atoms with Gasteiger partial charge in [0.05, 0.1) is 12.2 Å². The van der Waals surface area contributed by atoms with Gasteiger partial charge in [0.25, 0.3) is 0 Å². The lowest BCUT2D eigenvalue weighted by molar-refractivity contribution is 0.0734. The molecule has 0 aromatic heterocycles. The van der Waals surface area contributed by atoms with Crippen LogP contribution in [-0.2, 0) is 6.42 Å². The number of ether oxygens (including phenoxy) is 2. The minimum absolute atomic E-state index is 0.181. The zero-order chi connectivity index (χ0) is 24.7. The lowest BCUT2D eigenvalue weighted by atomic mass is 9.85. The van der Waals surface area contributed by atoms with Crippen LogP contribution in [0.3, 0.4) is 0 Å².